The highest BCUT2D eigenvalue weighted by Gasteiger charge is 2.27. The van der Waals surface area contributed by atoms with Gasteiger partial charge in [0.2, 0.25) is 0 Å². The maximum atomic E-state index is 12.6. The van der Waals surface area contributed by atoms with Crippen molar-refractivity contribution in [2.24, 2.45) is 0 Å². The zero-order chi connectivity index (χ0) is 40.5. The predicted octanol–water partition coefficient (Wildman–Crippen LogP) is 11.1. The second kappa shape index (κ2) is 39.9. The summed E-state index contributed by atoms with van der Waals surface area (Å²) in [7, 11) is -4.63. The number of ether oxygens (including phenoxy) is 2. The number of unbranched alkanes of at least 4 members (excludes halogenated alkanes) is 15. The second-order valence-corrected chi connectivity index (χ2v) is 15.5. The Morgan fingerprint density at radius 1 is 0.545 bits per heavy atom. The van der Waals surface area contributed by atoms with Crippen LogP contribution in [-0.2, 0) is 32.7 Å². The van der Waals surface area contributed by atoms with Crippen molar-refractivity contribution in [2.45, 2.75) is 180 Å². The number of phosphoric ester groups is 1. The molecule has 3 atom stereocenters. The Balaban J connectivity index is 4.43. The van der Waals surface area contributed by atoms with E-state index >= 15 is 0 Å². The lowest BCUT2D eigenvalue weighted by Crippen LogP contribution is -2.29. The average molecular weight is 797 g/mol. The van der Waals surface area contributed by atoms with Gasteiger partial charge in [-0.1, -0.05) is 164 Å². The van der Waals surface area contributed by atoms with E-state index in [0.29, 0.717) is 12.8 Å². The van der Waals surface area contributed by atoms with E-state index < -0.39 is 51.8 Å². The van der Waals surface area contributed by atoms with Gasteiger partial charge in [-0.3, -0.25) is 18.6 Å². The molecule has 0 aliphatic heterocycles. The van der Waals surface area contributed by atoms with E-state index in [-0.39, 0.29) is 19.4 Å². The summed E-state index contributed by atoms with van der Waals surface area (Å²) in [6, 6.07) is 0. The SMILES string of the molecule is CCCCC/C=C/C/C=C/C/C=C/C/C=C/C/C=C/CCC(=O)OC[C@@H](COP(=O)(O)OC[C@H](O)CO)OC(=O)CCCCCCCCCCCCCCC. The topological polar surface area (TPSA) is 149 Å². The number of aliphatic hydroxyl groups excluding tert-OH is 2. The Morgan fingerprint density at radius 3 is 1.49 bits per heavy atom. The van der Waals surface area contributed by atoms with Gasteiger partial charge in [0, 0.05) is 12.8 Å². The maximum Gasteiger partial charge on any atom is 0.472 e. The maximum absolute atomic E-state index is 12.6. The summed E-state index contributed by atoms with van der Waals surface area (Å²) in [4.78, 5) is 34.9. The molecule has 0 heterocycles. The van der Waals surface area contributed by atoms with Crippen LogP contribution in [0.25, 0.3) is 0 Å². The molecule has 0 spiro atoms. The minimum atomic E-state index is -4.63. The number of carbonyl (C=O) groups is 2. The molecule has 318 valence electrons. The summed E-state index contributed by atoms with van der Waals surface area (Å²) in [5, 5.41) is 18.3. The van der Waals surface area contributed by atoms with Gasteiger partial charge in [0.15, 0.2) is 6.10 Å². The number of aliphatic hydroxyl groups is 2. The number of carbonyl (C=O) groups excluding carboxylic acids is 2. The molecule has 0 fully saturated rings. The smallest absolute Gasteiger partial charge is 0.462 e. The van der Waals surface area contributed by atoms with Crippen molar-refractivity contribution >= 4 is 19.8 Å². The van der Waals surface area contributed by atoms with Crippen molar-refractivity contribution in [3.8, 4) is 0 Å². The van der Waals surface area contributed by atoms with Crippen molar-refractivity contribution in [3.63, 3.8) is 0 Å². The number of hydrogen-bond acceptors (Lipinski definition) is 9. The molecule has 55 heavy (non-hydrogen) atoms. The second-order valence-electron chi connectivity index (χ2n) is 14.0. The van der Waals surface area contributed by atoms with Gasteiger partial charge in [-0.25, -0.2) is 4.57 Å². The minimum absolute atomic E-state index is 0.117. The molecule has 0 bridgehead atoms. The first-order valence-electron chi connectivity index (χ1n) is 21.2. The van der Waals surface area contributed by atoms with E-state index in [2.05, 4.69) is 67.0 Å². The first-order chi connectivity index (χ1) is 26.7. The van der Waals surface area contributed by atoms with E-state index in [1.807, 2.05) is 12.2 Å². The molecule has 0 aliphatic rings. The summed E-state index contributed by atoms with van der Waals surface area (Å²) in [5.74, 6) is -1.02. The van der Waals surface area contributed by atoms with Crippen LogP contribution in [0.2, 0.25) is 0 Å². The molecule has 0 aliphatic carbocycles. The number of phosphoric acid groups is 1. The fourth-order valence-corrected chi connectivity index (χ4v) is 6.18. The highest BCUT2D eigenvalue weighted by atomic mass is 31.2. The normalized spacial score (nSPS) is 14.5. The highest BCUT2D eigenvalue weighted by Crippen LogP contribution is 2.43. The van der Waals surface area contributed by atoms with Crippen LogP contribution < -0.4 is 0 Å². The molecule has 0 aromatic rings. The molecule has 0 rings (SSSR count). The summed E-state index contributed by atoms with van der Waals surface area (Å²) >= 11 is 0. The molecule has 0 amide bonds. The molecule has 11 heteroatoms. The molecule has 0 radical (unpaired) electrons. The van der Waals surface area contributed by atoms with Crippen molar-refractivity contribution in [2.75, 3.05) is 26.4 Å². The van der Waals surface area contributed by atoms with Crippen LogP contribution in [0.3, 0.4) is 0 Å². The van der Waals surface area contributed by atoms with E-state index in [0.717, 1.165) is 44.9 Å². The quantitative estimate of drug-likeness (QED) is 0.0237. The molecular formula is C44H77O10P. The molecule has 0 aromatic heterocycles. The van der Waals surface area contributed by atoms with Gasteiger partial charge in [-0.15, -0.1) is 0 Å². The van der Waals surface area contributed by atoms with Crippen molar-refractivity contribution in [1.29, 1.82) is 0 Å². The molecule has 0 aromatic carbocycles. The first kappa shape index (κ1) is 52.7. The van der Waals surface area contributed by atoms with E-state index in [4.69, 9.17) is 19.1 Å². The van der Waals surface area contributed by atoms with Crippen molar-refractivity contribution in [1.82, 2.24) is 0 Å². The van der Waals surface area contributed by atoms with Crippen LogP contribution >= 0.6 is 7.82 Å². The largest absolute Gasteiger partial charge is 0.472 e. The molecule has 10 nitrogen and oxygen atoms in total. The van der Waals surface area contributed by atoms with Crippen molar-refractivity contribution in [3.05, 3.63) is 60.8 Å². The zero-order valence-electron chi connectivity index (χ0n) is 34.4. The standard InChI is InChI=1S/C44H77O10P/c1-3-5-7-9-11-13-15-17-18-19-20-21-22-24-25-27-29-31-33-35-43(47)51-39-42(40-53-55(49,50)52-38-41(46)37-45)54-44(48)36-34-32-30-28-26-23-16-14-12-10-8-6-4-2/h11,13,17-18,20-21,24-25,29,31,41-42,45-46H,3-10,12,14-16,19,22-23,26-28,30,32-40H2,1-2H3,(H,49,50)/b13-11+,18-17+,21-20+,25-24+,31-29+/t41-,42+/m1/s1. The third-order valence-electron chi connectivity index (χ3n) is 8.69. The van der Waals surface area contributed by atoms with Gasteiger partial charge in [0.05, 0.1) is 19.8 Å². The Labute approximate surface area is 334 Å². The summed E-state index contributed by atoms with van der Waals surface area (Å²) in [5.41, 5.74) is 0. The fraction of sp³-hybridized carbons (Fsp3) is 0.727. The third kappa shape index (κ3) is 39.7. The average Bonchev–Trinajstić information content (AvgIpc) is 3.17. The lowest BCUT2D eigenvalue weighted by atomic mass is 10.0. The Hall–Kier alpha value is -2.33. The minimum Gasteiger partial charge on any atom is -0.462 e. The monoisotopic (exact) mass is 797 g/mol. The van der Waals surface area contributed by atoms with E-state index in [1.54, 1.807) is 0 Å². The lowest BCUT2D eigenvalue weighted by molar-refractivity contribution is -0.161. The van der Waals surface area contributed by atoms with Crippen LogP contribution in [0.4, 0.5) is 0 Å². The molecule has 0 saturated carbocycles. The Kier molecular flexibility index (Phi) is 38.2. The number of esters is 2. The summed E-state index contributed by atoms with van der Waals surface area (Å²) < 4.78 is 32.6. The Morgan fingerprint density at radius 2 is 0.982 bits per heavy atom. The summed E-state index contributed by atoms with van der Waals surface area (Å²) in [6.07, 6.45) is 43.4. The molecule has 1 unspecified atom stereocenters. The Bertz CT molecular complexity index is 1100. The number of rotatable bonds is 39. The number of allylic oxidation sites excluding steroid dienone is 10. The van der Waals surface area contributed by atoms with Crippen LogP contribution in [-0.4, -0.2) is 65.7 Å². The first-order valence-corrected chi connectivity index (χ1v) is 22.7. The van der Waals surface area contributed by atoms with Gasteiger partial charge in [-0.05, 0) is 51.4 Å². The fourth-order valence-electron chi connectivity index (χ4n) is 5.39. The lowest BCUT2D eigenvalue weighted by Gasteiger charge is -2.20. The van der Waals surface area contributed by atoms with Gasteiger partial charge in [0.25, 0.3) is 0 Å². The van der Waals surface area contributed by atoms with Crippen LogP contribution in [0, 0.1) is 0 Å². The molecule has 3 N–H and O–H groups in total. The van der Waals surface area contributed by atoms with Gasteiger partial charge >= 0.3 is 19.8 Å². The highest BCUT2D eigenvalue weighted by molar-refractivity contribution is 7.47. The van der Waals surface area contributed by atoms with E-state index in [1.165, 1.54) is 83.5 Å². The molecular weight excluding hydrogens is 719 g/mol. The van der Waals surface area contributed by atoms with Gasteiger partial charge in [0.1, 0.15) is 12.7 Å². The van der Waals surface area contributed by atoms with E-state index in [9.17, 15) is 24.2 Å². The molecule has 0 saturated heterocycles. The van der Waals surface area contributed by atoms with Crippen molar-refractivity contribution < 1.29 is 47.8 Å². The predicted molar refractivity (Wildman–Crippen MR) is 224 cm³/mol. The summed E-state index contributed by atoms with van der Waals surface area (Å²) in [6.45, 7) is 2.26. The van der Waals surface area contributed by atoms with Crippen LogP contribution in [0.15, 0.2) is 60.8 Å². The number of hydrogen-bond donors (Lipinski definition) is 3. The van der Waals surface area contributed by atoms with Crippen LogP contribution in [0.1, 0.15) is 168 Å². The van der Waals surface area contributed by atoms with Crippen LogP contribution in [0.5, 0.6) is 0 Å². The van der Waals surface area contributed by atoms with Gasteiger partial charge in [-0.2, -0.15) is 0 Å². The zero-order valence-corrected chi connectivity index (χ0v) is 35.3. The van der Waals surface area contributed by atoms with Gasteiger partial charge < -0.3 is 24.6 Å². The third-order valence-corrected chi connectivity index (χ3v) is 9.64.